The van der Waals surface area contributed by atoms with E-state index in [0.29, 0.717) is 12.1 Å². The van der Waals surface area contributed by atoms with Crippen LogP contribution in [0.25, 0.3) is 0 Å². The van der Waals surface area contributed by atoms with E-state index in [1.807, 2.05) is 13.8 Å². The average molecular weight is 623 g/mol. The van der Waals surface area contributed by atoms with Gasteiger partial charge in [0.25, 0.3) is 10.0 Å². The zero-order chi connectivity index (χ0) is 30.2. The number of carbonyl (C=O) groups is 2. The van der Waals surface area contributed by atoms with E-state index in [0.717, 1.165) is 22.7 Å². The molecule has 2 amide bonds. The minimum Gasteiger partial charge on any atom is -0.354 e. The molecular weight excluding hydrogens is 588 g/mol. The molecule has 0 aromatic heterocycles. The molecule has 11 heteroatoms. The summed E-state index contributed by atoms with van der Waals surface area (Å²) in [4.78, 5) is 28.5. The van der Waals surface area contributed by atoms with Crippen molar-refractivity contribution < 1.29 is 22.4 Å². The Kier molecular flexibility index (Phi) is 11.6. The first-order chi connectivity index (χ1) is 19.5. The maximum absolute atomic E-state index is 14.1. The summed E-state index contributed by atoms with van der Waals surface area (Å²) >= 11 is 12.7. The first kappa shape index (κ1) is 32.4. The SMILES string of the molecule is CCCCNC(=O)C(CC)N(Cc1ccc(F)cc1)C(=O)CN(c1cccc(Cl)c1Cl)S(=O)(=O)c1ccc(C)cc1. The second-order valence-corrected chi connectivity index (χ2v) is 12.3. The van der Waals surface area contributed by atoms with E-state index in [2.05, 4.69) is 5.32 Å². The van der Waals surface area contributed by atoms with Crippen LogP contribution in [0.15, 0.2) is 71.6 Å². The maximum Gasteiger partial charge on any atom is 0.264 e. The molecule has 0 saturated heterocycles. The van der Waals surface area contributed by atoms with Gasteiger partial charge in [0.05, 0.1) is 20.6 Å². The van der Waals surface area contributed by atoms with Gasteiger partial charge in [0, 0.05) is 13.1 Å². The van der Waals surface area contributed by atoms with Gasteiger partial charge in [-0.1, -0.05) is 79.4 Å². The number of rotatable bonds is 13. The molecule has 3 aromatic carbocycles. The van der Waals surface area contributed by atoms with Gasteiger partial charge in [-0.25, -0.2) is 12.8 Å². The Morgan fingerprint density at radius 3 is 2.24 bits per heavy atom. The molecule has 220 valence electrons. The van der Waals surface area contributed by atoms with Crippen molar-refractivity contribution in [2.45, 2.75) is 57.5 Å². The van der Waals surface area contributed by atoms with E-state index < -0.39 is 34.3 Å². The Bertz CT molecular complexity index is 1450. The summed E-state index contributed by atoms with van der Waals surface area (Å²) in [6.45, 7) is 5.34. The molecule has 0 radical (unpaired) electrons. The minimum atomic E-state index is -4.29. The van der Waals surface area contributed by atoms with Crippen LogP contribution in [0.3, 0.4) is 0 Å². The summed E-state index contributed by atoms with van der Waals surface area (Å²) in [5.74, 6) is -1.44. The lowest BCUT2D eigenvalue weighted by molar-refractivity contribution is -0.140. The normalized spacial score (nSPS) is 12.0. The number of amides is 2. The number of benzene rings is 3. The summed E-state index contributed by atoms with van der Waals surface area (Å²) in [7, 11) is -4.29. The highest BCUT2D eigenvalue weighted by atomic mass is 35.5. The molecule has 1 atom stereocenters. The van der Waals surface area contributed by atoms with Crippen molar-refractivity contribution in [3.63, 3.8) is 0 Å². The van der Waals surface area contributed by atoms with Crippen molar-refractivity contribution in [2.75, 3.05) is 17.4 Å². The fourth-order valence-electron chi connectivity index (χ4n) is 4.25. The quantitative estimate of drug-likeness (QED) is 0.225. The first-order valence-corrected chi connectivity index (χ1v) is 15.5. The van der Waals surface area contributed by atoms with Crippen molar-refractivity contribution in [3.05, 3.63) is 93.7 Å². The molecule has 0 aliphatic carbocycles. The topological polar surface area (TPSA) is 86.8 Å². The maximum atomic E-state index is 14.1. The lowest BCUT2D eigenvalue weighted by Gasteiger charge is -2.33. The highest BCUT2D eigenvalue weighted by Crippen LogP contribution is 2.35. The Morgan fingerprint density at radius 1 is 0.976 bits per heavy atom. The number of halogens is 3. The van der Waals surface area contributed by atoms with Gasteiger partial charge in [-0.2, -0.15) is 0 Å². The van der Waals surface area contributed by atoms with E-state index in [1.165, 1.54) is 59.5 Å². The third-order valence-electron chi connectivity index (χ3n) is 6.57. The molecule has 0 aliphatic heterocycles. The van der Waals surface area contributed by atoms with Crippen LogP contribution in [0.5, 0.6) is 0 Å². The predicted molar refractivity (Wildman–Crippen MR) is 161 cm³/mol. The standard InChI is InChI=1S/C30H34Cl2FN3O4S/c1-4-6-18-34-30(38)26(5-2)35(19-22-12-14-23(33)15-13-22)28(37)20-36(27-9-7-8-25(31)29(27)32)41(39,40)24-16-10-21(3)11-17-24/h7-17,26H,4-6,18-20H2,1-3H3,(H,34,38). The second kappa shape index (κ2) is 14.7. The Balaban J connectivity index is 2.07. The van der Waals surface area contributed by atoms with Gasteiger partial charge >= 0.3 is 0 Å². The number of unbranched alkanes of at least 4 members (excludes halogenated alkanes) is 1. The lowest BCUT2D eigenvalue weighted by Crippen LogP contribution is -2.52. The molecule has 0 heterocycles. The second-order valence-electron chi connectivity index (χ2n) is 9.61. The molecule has 7 nitrogen and oxygen atoms in total. The van der Waals surface area contributed by atoms with Crippen LogP contribution in [0, 0.1) is 12.7 Å². The van der Waals surface area contributed by atoms with Gasteiger partial charge in [-0.3, -0.25) is 13.9 Å². The van der Waals surface area contributed by atoms with Crippen molar-refractivity contribution in [1.82, 2.24) is 10.2 Å². The highest BCUT2D eigenvalue weighted by Gasteiger charge is 2.34. The van der Waals surface area contributed by atoms with E-state index >= 15 is 0 Å². The molecule has 3 aromatic rings. The number of aryl methyl sites for hydroxylation is 1. The largest absolute Gasteiger partial charge is 0.354 e. The van der Waals surface area contributed by atoms with Gasteiger partial charge in [-0.05, 0) is 61.7 Å². The number of hydrogen-bond donors (Lipinski definition) is 1. The van der Waals surface area contributed by atoms with Crippen LogP contribution in [0.2, 0.25) is 10.0 Å². The van der Waals surface area contributed by atoms with Crippen LogP contribution in [0.1, 0.15) is 44.2 Å². The number of nitrogens with one attached hydrogen (secondary N) is 1. The van der Waals surface area contributed by atoms with Gasteiger partial charge in [0.15, 0.2) is 0 Å². The van der Waals surface area contributed by atoms with E-state index in [4.69, 9.17) is 23.2 Å². The molecule has 1 N–H and O–H groups in total. The van der Waals surface area contributed by atoms with E-state index in [9.17, 15) is 22.4 Å². The van der Waals surface area contributed by atoms with Crippen LogP contribution < -0.4 is 9.62 Å². The number of anilines is 1. The molecule has 0 spiro atoms. The third kappa shape index (κ3) is 8.21. The molecule has 41 heavy (non-hydrogen) atoms. The smallest absolute Gasteiger partial charge is 0.264 e. The van der Waals surface area contributed by atoms with E-state index in [-0.39, 0.29) is 39.5 Å². The van der Waals surface area contributed by atoms with Crippen molar-refractivity contribution in [2.24, 2.45) is 0 Å². The molecule has 0 fully saturated rings. The van der Waals surface area contributed by atoms with Crippen molar-refractivity contribution in [3.8, 4) is 0 Å². The monoisotopic (exact) mass is 621 g/mol. The zero-order valence-electron chi connectivity index (χ0n) is 23.2. The van der Waals surface area contributed by atoms with E-state index in [1.54, 1.807) is 19.1 Å². The Labute approximate surface area is 251 Å². The van der Waals surface area contributed by atoms with Crippen LogP contribution in [-0.4, -0.2) is 44.3 Å². The summed E-state index contributed by atoms with van der Waals surface area (Å²) < 4.78 is 42.4. The third-order valence-corrected chi connectivity index (χ3v) is 9.15. The zero-order valence-corrected chi connectivity index (χ0v) is 25.6. The number of carbonyl (C=O) groups excluding carboxylic acids is 2. The van der Waals surface area contributed by atoms with Crippen LogP contribution in [0.4, 0.5) is 10.1 Å². The van der Waals surface area contributed by atoms with Crippen LogP contribution in [-0.2, 0) is 26.2 Å². The van der Waals surface area contributed by atoms with Gasteiger partial charge in [0.1, 0.15) is 18.4 Å². The summed E-state index contributed by atoms with van der Waals surface area (Å²) in [5.41, 5.74) is 1.46. The summed E-state index contributed by atoms with van der Waals surface area (Å²) in [6.07, 6.45) is 1.92. The van der Waals surface area contributed by atoms with Crippen LogP contribution >= 0.6 is 23.2 Å². The Morgan fingerprint density at radius 2 is 1.63 bits per heavy atom. The molecule has 1 unspecified atom stereocenters. The molecule has 0 saturated carbocycles. The van der Waals surface area contributed by atoms with Crippen molar-refractivity contribution >= 4 is 50.7 Å². The highest BCUT2D eigenvalue weighted by molar-refractivity contribution is 7.92. The Hall–Kier alpha value is -3.14. The fourth-order valence-corrected chi connectivity index (χ4v) is 6.12. The lowest BCUT2D eigenvalue weighted by atomic mass is 10.1. The number of sulfonamides is 1. The van der Waals surface area contributed by atoms with Gasteiger partial charge < -0.3 is 10.2 Å². The van der Waals surface area contributed by atoms with Crippen molar-refractivity contribution in [1.29, 1.82) is 0 Å². The number of nitrogens with zero attached hydrogens (tertiary/aromatic N) is 2. The number of hydrogen-bond acceptors (Lipinski definition) is 4. The molecule has 3 rings (SSSR count). The van der Waals surface area contributed by atoms with Gasteiger partial charge in [0.2, 0.25) is 11.8 Å². The molecule has 0 aliphatic rings. The minimum absolute atomic E-state index is 0.0234. The predicted octanol–water partition coefficient (Wildman–Crippen LogP) is 6.36. The fraction of sp³-hybridized carbons (Fsp3) is 0.333. The first-order valence-electron chi connectivity index (χ1n) is 13.3. The van der Waals surface area contributed by atoms with Gasteiger partial charge in [-0.15, -0.1) is 0 Å². The molecular formula is C30H34Cl2FN3O4S. The molecule has 0 bridgehead atoms. The summed E-state index contributed by atoms with van der Waals surface area (Å²) in [6, 6.07) is 15.4. The average Bonchev–Trinajstić information content (AvgIpc) is 2.94. The summed E-state index contributed by atoms with van der Waals surface area (Å²) in [5, 5.41) is 2.95.